The molecular weight excluding hydrogens is 1050 g/mol. The van der Waals surface area contributed by atoms with Crippen molar-refractivity contribution < 1.29 is 77.6 Å². The summed E-state index contributed by atoms with van der Waals surface area (Å²) in [5, 5.41) is 51.8. The van der Waals surface area contributed by atoms with E-state index < -0.39 is 176 Å². The molecule has 11 atom stereocenters. The van der Waals surface area contributed by atoms with Crippen LogP contribution in [0.3, 0.4) is 0 Å². The lowest BCUT2D eigenvalue weighted by Gasteiger charge is -2.29. The Kier molecular flexibility index (Phi) is 25.9. The molecule has 11 amide bonds. The Labute approximate surface area is 461 Å². The number of rotatable bonds is 32. The summed E-state index contributed by atoms with van der Waals surface area (Å²) in [6, 6.07) is -7.13. The quantitative estimate of drug-likeness (QED) is 0.0332. The summed E-state index contributed by atoms with van der Waals surface area (Å²) in [4.78, 5) is 174. The van der Waals surface area contributed by atoms with Crippen LogP contribution in [0.2, 0.25) is 0 Å². The van der Waals surface area contributed by atoms with Gasteiger partial charge in [-0.05, 0) is 69.9 Å². The van der Waals surface area contributed by atoms with Crippen molar-refractivity contribution >= 4 is 87.8 Å². The Morgan fingerprint density at radius 3 is 1.86 bits per heavy atom. The first-order valence-corrected chi connectivity index (χ1v) is 26.2. The first-order valence-electron chi connectivity index (χ1n) is 26.2. The third-order valence-corrected chi connectivity index (χ3v) is 13.2. The molecule has 0 saturated carbocycles. The number of nitrogens with two attached hydrogens (primary N) is 2. The van der Waals surface area contributed by atoms with Gasteiger partial charge in [-0.2, -0.15) is 0 Å². The smallest absolute Gasteiger partial charge is 0.326 e. The number of aliphatic hydroxyl groups excluding tert-OH is 1. The first kappa shape index (κ1) is 66.1. The molecule has 1 aromatic heterocycles. The summed E-state index contributed by atoms with van der Waals surface area (Å²) in [6.45, 7) is 9.15. The van der Waals surface area contributed by atoms with Crippen molar-refractivity contribution in [3.63, 3.8) is 0 Å². The van der Waals surface area contributed by atoms with Crippen LogP contribution in [0.1, 0.15) is 99.0 Å². The van der Waals surface area contributed by atoms with Gasteiger partial charge in [0.1, 0.15) is 54.4 Å². The third-order valence-electron chi connectivity index (χ3n) is 13.2. The van der Waals surface area contributed by atoms with Crippen LogP contribution in [0, 0.1) is 11.8 Å². The molecule has 1 saturated heterocycles. The zero-order valence-corrected chi connectivity index (χ0v) is 45.8. The summed E-state index contributed by atoms with van der Waals surface area (Å²) in [5.41, 5.74) is 12.1. The highest BCUT2D eigenvalue weighted by molar-refractivity contribution is 5.99. The van der Waals surface area contributed by atoms with E-state index >= 15 is 0 Å². The van der Waals surface area contributed by atoms with Crippen LogP contribution < -0.4 is 59.3 Å². The van der Waals surface area contributed by atoms with E-state index in [2.05, 4.69) is 52.8 Å². The molecule has 1 aliphatic heterocycles. The fraction of sp³-hybridized carbons (Fsp3) is 0.588. The predicted octanol–water partition coefficient (Wildman–Crippen LogP) is -4.01. The first-order chi connectivity index (χ1) is 37.6. The molecule has 0 radical (unpaired) electrons. The zero-order valence-electron chi connectivity index (χ0n) is 45.8. The number of fused-ring (bicyclic) bond motifs is 1. The van der Waals surface area contributed by atoms with Gasteiger partial charge in [-0.15, -0.1) is 0 Å². The second kappa shape index (κ2) is 31.4. The lowest BCUT2D eigenvalue weighted by atomic mass is 9.97. The topological polar surface area (TPSA) is 462 Å². The van der Waals surface area contributed by atoms with Crippen molar-refractivity contribution in [2.45, 2.75) is 160 Å². The predicted molar refractivity (Wildman–Crippen MR) is 285 cm³/mol. The number of hydrogen-bond donors (Lipinski definition) is 15. The summed E-state index contributed by atoms with van der Waals surface area (Å²) in [5.74, 6) is -13.6. The lowest BCUT2D eigenvalue weighted by Crippen LogP contribution is -2.61. The normalized spacial score (nSPS) is 16.8. The molecule has 2 aromatic rings. The van der Waals surface area contributed by atoms with E-state index in [0.29, 0.717) is 22.9 Å². The van der Waals surface area contributed by atoms with Crippen LogP contribution in [0.5, 0.6) is 0 Å². The molecule has 1 aromatic carbocycles. The van der Waals surface area contributed by atoms with Crippen LogP contribution in [0.15, 0.2) is 30.5 Å². The van der Waals surface area contributed by atoms with Gasteiger partial charge in [0.05, 0.1) is 25.6 Å². The van der Waals surface area contributed by atoms with E-state index in [4.69, 9.17) is 11.5 Å². The number of para-hydroxylation sites is 1. The maximum atomic E-state index is 14.2. The van der Waals surface area contributed by atoms with Crippen molar-refractivity contribution in [3.8, 4) is 0 Å². The fourth-order valence-electron chi connectivity index (χ4n) is 8.43. The number of aromatic amines is 1. The van der Waals surface area contributed by atoms with Crippen molar-refractivity contribution in [1.82, 2.24) is 57.7 Å². The molecule has 29 nitrogen and oxygen atoms in total. The Morgan fingerprint density at radius 1 is 0.688 bits per heavy atom. The molecule has 0 spiro atoms. The number of carboxylic acid groups (broad SMARTS) is 2. The minimum atomic E-state index is -1.84. The Morgan fingerprint density at radius 2 is 1.26 bits per heavy atom. The number of amides is 11. The van der Waals surface area contributed by atoms with Gasteiger partial charge in [-0.25, -0.2) is 4.79 Å². The van der Waals surface area contributed by atoms with Gasteiger partial charge in [0.15, 0.2) is 0 Å². The fourth-order valence-corrected chi connectivity index (χ4v) is 8.43. The number of hydrogen-bond acceptors (Lipinski definition) is 15. The second-order valence-corrected chi connectivity index (χ2v) is 20.2. The minimum absolute atomic E-state index is 0.0501. The molecule has 1 aliphatic rings. The number of primary amides is 1. The van der Waals surface area contributed by atoms with Crippen LogP contribution in [-0.4, -0.2) is 182 Å². The van der Waals surface area contributed by atoms with Crippen LogP contribution in [0.4, 0.5) is 0 Å². The maximum absolute atomic E-state index is 14.2. The summed E-state index contributed by atoms with van der Waals surface area (Å²) in [6.07, 6.45) is 0.505. The number of aromatic nitrogens is 1. The SMILES string of the molecule is CC[C@@H](C)[C@H](NC(=O)[C@H](CC(=O)O)NC(=O)[C@H](C)NC(=O)[C@H](C)N)C(=O)N[C@@H](CO)C(=O)N[C@@H](CCC(N)=O)C(=O)N[C@H](Cc1c[nH]c2ccccc12)C(=O)N[C@@H](C)C(=O)NCC(=O)N1CCC[C@H]1C(=O)N[C@@H](CC(C)C)C(=O)O. The maximum Gasteiger partial charge on any atom is 0.326 e. The molecule has 80 heavy (non-hydrogen) atoms. The van der Waals surface area contributed by atoms with Gasteiger partial charge in [0.25, 0.3) is 0 Å². The van der Waals surface area contributed by atoms with Gasteiger partial charge in [-0.3, -0.25) is 57.5 Å². The molecule has 3 rings (SSSR count). The average Bonchev–Trinajstić information content (AvgIpc) is 4.06. The number of H-pyrrole nitrogens is 1. The van der Waals surface area contributed by atoms with Crippen molar-refractivity contribution in [2.24, 2.45) is 23.3 Å². The molecule has 0 aliphatic carbocycles. The standard InChI is InChI=1S/C51H77N13O16/c1-8-25(4)41(63-47(75)34(20-40(68)69)59-44(72)28(7)56-42(70)26(5)52)50(78)62-36(23-65)48(76)58-32(15-16-38(53)66)45(73)60-33(19-29-21-54-31-13-10-9-12-30(29)31)46(74)57-27(6)43(71)55-22-39(67)64-17-11-14-37(64)49(77)61-35(51(79)80)18-24(2)3/h9-10,12-13,21,24-28,32-37,41,54,65H,8,11,14-20,22-23,52H2,1-7H3,(H2,53,66)(H,55,71)(H,56,70)(H,57,74)(H,58,76)(H,59,72)(H,60,73)(H,61,77)(H,62,78)(H,63,75)(H,68,69)(H,79,80)/t25-,26+,27+,28+,32+,33-,34+,35+,36+,37+,41+/m1/s1. The molecule has 29 heteroatoms. The van der Waals surface area contributed by atoms with Crippen molar-refractivity contribution in [3.05, 3.63) is 36.0 Å². The van der Waals surface area contributed by atoms with Crippen LogP contribution in [-0.2, 0) is 68.7 Å². The number of carbonyl (C=O) groups excluding carboxylic acids is 11. The summed E-state index contributed by atoms with van der Waals surface area (Å²) in [7, 11) is 0. The summed E-state index contributed by atoms with van der Waals surface area (Å²) < 4.78 is 0. The van der Waals surface area contributed by atoms with Crippen molar-refractivity contribution in [2.75, 3.05) is 19.7 Å². The molecule has 2 heterocycles. The van der Waals surface area contributed by atoms with E-state index in [1.807, 2.05) is 0 Å². The third kappa shape index (κ3) is 20.2. The van der Waals surface area contributed by atoms with Gasteiger partial charge in [0, 0.05) is 36.5 Å². The van der Waals surface area contributed by atoms with Gasteiger partial charge in [0.2, 0.25) is 65.0 Å². The van der Waals surface area contributed by atoms with Crippen molar-refractivity contribution in [1.29, 1.82) is 0 Å². The van der Waals surface area contributed by atoms with E-state index in [1.165, 1.54) is 32.6 Å². The number of likely N-dealkylation sites (tertiary alicyclic amines) is 1. The monoisotopic (exact) mass is 1130 g/mol. The number of aliphatic hydroxyl groups is 1. The minimum Gasteiger partial charge on any atom is -0.481 e. The molecule has 0 bridgehead atoms. The van der Waals surface area contributed by atoms with Crippen LogP contribution >= 0.6 is 0 Å². The Balaban J connectivity index is 1.81. The highest BCUT2D eigenvalue weighted by Gasteiger charge is 2.38. The lowest BCUT2D eigenvalue weighted by molar-refractivity contribution is -0.144. The number of benzene rings is 1. The summed E-state index contributed by atoms with van der Waals surface area (Å²) >= 11 is 0. The van der Waals surface area contributed by atoms with E-state index in [0.717, 1.165) is 0 Å². The zero-order chi connectivity index (χ0) is 60.1. The van der Waals surface area contributed by atoms with E-state index in [9.17, 15) is 77.6 Å². The number of nitrogens with zero attached hydrogens (tertiary/aromatic N) is 1. The van der Waals surface area contributed by atoms with Gasteiger partial charge >= 0.3 is 11.9 Å². The molecule has 442 valence electrons. The van der Waals surface area contributed by atoms with Gasteiger partial charge in [-0.1, -0.05) is 52.3 Å². The number of aliphatic carboxylic acids is 2. The molecule has 17 N–H and O–H groups in total. The highest BCUT2D eigenvalue weighted by Crippen LogP contribution is 2.21. The number of carboxylic acids is 2. The largest absolute Gasteiger partial charge is 0.481 e. The van der Waals surface area contributed by atoms with Crippen LogP contribution in [0.25, 0.3) is 10.9 Å². The average molecular weight is 1130 g/mol. The highest BCUT2D eigenvalue weighted by atomic mass is 16.4. The van der Waals surface area contributed by atoms with Gasteiger partial charge < -0.3 is 84.5 Å². The number of carbonyl (C=O) groups is 13. The Bertz CT molecular complexity index is 2590. The van der Waals surface area contributed by atoms with E-state index in [1.54, 1.807) is 51.2 Å². The number of nitrogens with one attached hydrogen (secondary N) is 10. The second-order valence-electron chi connectivity index (χ2n) is 20.2. The molecular formula is C51H77N13O16. The molecule has 0 unspecified atom stereocenters. The Hall–Kier alpha value is -8.21. The molecule has 1 fully saturated rings. The van der Waals surface area contributed by atoms with E-state index in [-0.39, 0.29) is 38.1 Å².